The zero-order valence-corrected chi connectivity index (χ0v) is 16.2. The van der Waals surface area contributed by atoms with E-state index in [0.717, 1.165) is 0 Å². The molecule has 30 heavy (non-hydrogen) atoms. The molecule has 0 saturated heterocycles. The van der Waals surface area contributed by atoms with Crippen molar-refractivity contribution in [3.8, 4) is 0 Å². The second-order valence-corrected chi connectivity index (χ2v) is 6.49. The highest BCUT2D eigenvalue weighted by Crippen LogP contribution is 2.17. The van der Waals surface area contributed by atoms with Gasteiger partial charge in [-0.05, 0) is 36.4 Å². The van der Waals surface area contributed by atoms with E-state index in [1.165, 1.54) is 30.5 Å². The van der Waals surface area contributed by atoms with E-state index in [4.69, 9.17) is 11.6 Å². The van der Waals surface area contributed by atoms with Gasteiger partial charge in [0.2, 0.25) is 0 Å². The van der Waals surface area contributed by atoms with Crippen LogP contribution in [0.5, 0.6) is 0 Å². The monoisotopic (exact) mass is 422 g/mol. The Kier molecular flexibility index (Phi) is 6.51. The summed E-state index contributed by atoms with van der Waals surface area (Å²) in [6.07, 6.45) is 1.29. The number of carbonyl (C=O) groups excluding carboxylic acids is 2. The summed E-state index contributed by atoms with van der Waals surface area (Å²) in [4.78, 5) is 35.2. The van der Waals surface area contributed by atoms with Crippen LogP contribution < -0.4 is 10.7 Å². The number of amides is 2. The van der Waals surface area contributed by atoms with Gasteiger partial charge in [-0.25, -0.2) is 5.43 Å². The molecule has 0 saturated carbocycles. The standard InChI is InChI=1S/C21H15ClN4O4/c22-16-10-8-15(9-11-16)20(27)24-19-7-2-1-6-18(19)21(28)25-23-13-14-4-3-5-17(12-14)26(29)30/h1-13H,(H,24,27)(H,25,28)/b23-13-. The molecule has 9 heteroatoms. The Morgan fingerprint density at radius 3 is 2.43 bits per heavy atom. The molecule has 0 fully saturated rings. The number of hydrogen-bond acceptors (Lipinski definition) is 5. The lowest BCUT2D eigenvalue weighted by atomic mass is 10.1. The number of hydrogen-bond donors (Lipinski definition) is 2. The topological polar surface area (TPSA) is 114 Å². The van der Waals surface area contributed by atoms with Crippen molar-refractivity contribution >= 4 is 41.0 Å². The maximum atomic E-state index is 12.5. The molecule has 0 spiro atoms. The van der Waals surface area contributed by atoms with Crippen LogP contribution in [-0.2, 0) is 0 Å². The predicted molar refractivity (Wildman–Crippen MR) is 114 cm³/mol. The van der Waals surface area contributed by atoms with Crippen LogP contribution in [0.1, 0.15) is 26.3 Å². The van der Waals surface area contributed by atoms with E-state index in [2.05, 4.69) is 15.8 Å². The third kappa shape index (κ3) is 5.27. The van der Waals surface area contributed by atoms with E-state index in [-0.39, 0.29) is 11.3 Å². The molecule has 0 aliphatic rings. The minimum Gasteiger partial charge on any atom is -0.321 e. The zero-order valence-electron chi connectivity index (χ0n) is 15.4. The first-order valence-corrected chi connectivity index (χ1v) is 9.05. The van der Waals surface area contributed by atoms with Crippen molar-refractivity contribution in [3.05, 3.63) is 105 Å². The number of nitro groups is 1. The van der Waals surface area contributed by atoms with Crippen LogP contribution >= 0.6 is 11.6 Å². The predicted octanol–water partition coefficient (Wildman–Crippen LogP) is 4.26. The first-order valence-electron chi connectivity index (χ1n) is 8.68. The number of non-ortho nitro benzene ring substituents is 1. The van der Waals surface area contributed by atoms with E-state index in [0.29, 0.717) is 21.8 Å². The van der Waals surface area contributed by atoms with Crippen molar-refractivity contribution in [1.29, 1.82) is 0 Å². The molecule has 0 aromatic heterocycles. The molecule has 0 heterocycles. The molecule has 3 aromatic carbocycles. The van der Waals surface area contributed by atoms with Gasteiger partial charge in [-0.1, -0.05) is 35.9 Å². The zero-order chi connectivity index (χ0) is 21.5. The van der Waals surface area contributed by atoms with Gasteiger partial charge in [-0.3, -0.25) is 19.7 Å². The molecule has 0 aliphatic carbocycles. The van der Waals surface area contributed by atoms with Gasteiger partial charge in [0, 0.05) is 28.3 Å². The summed E-state index contributed by atoms with van der Waals surface area (Å²) >= 11 is 5.83. The largest absolute Gasteiger partial charge is 0.321 e. The summed E-state index contributed by atoms with van der Waals surface area (Å²) in [5.74, 6) is -0.948. The van der Waals surface area contributed by atoms with Crippen molar-refractivity contribution in [2.45, 2.75) is 0 Å². The number of carbonyl (C=O) groups is 2. The summed E-state index contributed by atoms with van der Waals surface area (Å²) < 4.78 is 0. The molecule has 0 atom stereocenters. The Morgan fingerprint density at radius 2 is 1.70 bits per heavy atom. The number of hydrazone groups is 1. The lowest BCUT2D eigenvalue weighted by Crippen LogP contribution is -2.21. The average molecular weight is 423 g/mol. The van der Waals surface area contributed by atoms with Gasteiger partial charge < -0.3 is 5.32 Å². The first-order chi connectivity index (χ1) is 14.4. The molecule has 0 aliphatic heterocycles. The fourth-order valence-electron chi connectivity index (χ4n) is 2.53. The highest BCUT2D eigenvalue weighted by Gasteiger charge is 2.14. The van der Waals surface area contributed by atoms with Crippen LogP contribution in [0.25, 0.3) is 0 Å². The number of anilines is 1. The Hall–Kier alpha value is -4.04. The third-order valence-electron chi connectivity index (χ3n) is 3.99. The Balaban J connectivity index is 1.71. The van der Waals surface area contributed by atoms with Crippen molar-refractivity contribution in [2.24, 2.45) is 5.10 Å². The number of rotatable bonds is 6. The highest BCUT2D eigenvalue weighted by atomic mass is 35.5. The molecule has 0 bridgehead atoms. The average Bonchev–Trinajstić information content (AvgIpc) is 2.74. The molecular formula is C21H15ClN4O4. The Bertz CT molecular complexity index is 1130. The second kappa shape index (κ2) is 9.44. The van der Waals surface area contributed by atoms with Crippen molar-refractivity contribution in [1.82, 2.24) is 5.43 Å². The second-order valence-electron chi connectivity index (χ2n) is 6.06. The Morgan fingerprint density at radius 1 is 0.967 bits per heavy atom. The van der Waals surface area contributed by atoms with Crippen LogP contribution in [0.4, 0.5) is 11.4 Å². The van der Waals surface area contributed by atoms with Gasteiger partial charge in [0.25, 0.3) is 17.5 Å². The molecule has 3 rings (SSSR count). The summed E-state index contributed by atoms with van der Waals surface area (Å²) in [6.45, 7) is 0. The Labute approximate surface area is 176 Å². The van der Waals surface area contributed by atoms with Crippen molar-refractivity contribution in [2.75, 3.05) is 5.32 Å². The van der Waals surface area contributed by atoms with Gasteiger partial charge in [0.05, 0.1) is 22.4 Å². The minimum absolute atomic E-state index is 0.0828. The number of para-hydroxylation sites is 1. The lowest BCUT2D eigenvalue weighted by Gasteiger charge is -2.10. The molecule has 3 aromatic rings. The summed E-state index contributed by atoms with van der Waals surface area (Å²) in [7, 11) is 0. The van der Waals surface area contributed by atoms with Crippen LogP contribution in [0.15, 0.2) is 77.9 Å². The summed E-state index contributed by atoms with van der Waals surface area (Å²) in [5.41, 5.74) is 3.62. The van der Waals surface area contributed by atoms with E-state index >= 15 is 0 Å². The summed E-state index contributed by atoms with van der Waals surface area (Å²) in [5, 5.41) is 17.8. The number of nitrogens with one attached hydrogen (secondary N) is 2. The maximum absolute atomic E-state index is 12.5. The molecule has 2 N–H and O–H groups in total. The smallest absolute Gasteiger partial charge is 0.273 e. The van der Waals surface area contributed by atoms with Crippen LogP contribution in [0.2, 0.25) is 5.02 Å². The molecular weight excluding hydrogens is 408 g/mol. The maximum Gasteiger partial charge on any atom is 0.273 e. The van der Waals surface area contributed by atoms with Crippen LogP contribution in [0, 0.1) is 10.1 Å². The van der Waals surface area contributed by atoms with Crippen LogP contribution in [-0.4, -0.2) is 23.0 Å². The van der Waals surface area contributed by atoms with E-state index in [1.54, 1.807) is 48.5 Å². The van der Waals surface area contributed by atoms with Gasteiger partial charge in [0.15, 0.2) is 0 Å². The molecule has 2 amide bonds. The van der Waals surface area contributed by atoms with E-state index < -0.39 is 16.7 Å². The van der Waals surface area contributed by atoms with E-state index in [1.807, 2.05) is 0 Å². The number of nitrogens with zero attached hydrogens (tertiary/aromatic N) is 2. The summed E-state index contributed by atoms with van der Waals surface area (Å²) in [6, 6.07) is 18.6. The van der Waals surface area contributed by atoms with Crippen LogP contribution in [0.3, 0.4) is 0 Å². The minimum atomic E-state index is -0.552. The number of nitro benzene ring substituents is 1. The molecule has 8 nitrogen and oxygen atoms in total. The van der Waals surface area contributed by atoms with Crippen molar-refractivity contribution in [3.63, 3.8) is 0 Å². The van der Waals surface area contributed by atoms with Crippen molar-refractivity contribution < 1.29 is 14.5 Å². The lowest BCUT2D eigenvalue weighted by molar-refractivity contribution is -0.384. The highest BCUT2D eigenvalue weighted by molar-refractivity contribution is 6.30. The number of benzene rings is 3. The fourth-order valence-corrected chi connectivity index (χ4v) is 2.66. The molecule has 0 radical (unpaired) electrons. The SMILES string of the molecule is O=C(Nc1ccccc1C(=O)N/N=C\c1cccc([N+](=O)[O-])c1)c1ccc(Cl)cc1. The molecule has 150 valence electrons. The third-order valence-corrected chi connectivity index (χ3v) is 4.24. The normalized spacial score (nSPS) is 10.6. The molecule has 0 unspecified atom stereocenters. The van der Waals surface area contributed by atoms with Gasteiger partial charge in [-0.15, -0.1) is 0 Å². The van der Waals surface area contributed by atoms with Gasteiger partial charge in [-0.2, -0.15) is 5.10 Å². The fraction of sp³-hybridized carbons (Fsp3) is 0. The first kappa shape index (κ1) is 20.7. The van der Waals surface area contributed by atoms with E-state index in [9.17, 15) is 19.7 Å². The quantitative estimate of drug-likeness (QED) is 0.351. The van der Waals surface area contributed by atoms with Gasteiger partial charge in [0.1, 0.15) is 0 Å². The number of halogens is 1. The van der Waals surface area contributed by atoms with Gasteiger partial charge >= 0.3 is 0 Å².